The average Bonchev–Trinajstić information content (AvgIpc) is 2.47. The van der Waals surface area contributed by atoms with E-state index in [4.69, 9.17) is 4.74 Å². The molecule has 0 spiro atoms. The molecule has 0 N–H and O–H groups in total. The summed E-state index contributed by atoms with van der Waals surface area (Å²) in [4.78, 5) is 27.8. The maximum absolute atomic E-state index is 12.5. The smallest absolute Gasteiger partial charge is 0.320 e. The molecule has 120 valence electrons. The first-order chi connectivity index (χ1) is 10.1. The van der Waals surface area contributed by atoms with E-state index in [0.717, 1.165) is 25.8 Å². The Kier molecular flexibility index (Phi) is 8.05. The van der Waals surface area contributed by atoms with Crippen LogP contribution in [0.25, 0.3) is 0 Å². The monoisotopic (exact) mass is 296 g/mol. The van der Waals surface area contributed by atoms with Crippen LogP contribution in [0.2, 0.25) is 0 Å². The fourth-order valence-corrected chi connectivity index (χ4v) is 2.79. The lowest BCUT2D eigenvalue weighted by atomic mass is 10.00. The molecule has 0 aliphatic carbocycles. The third-order valence-corrected chi connectivity index (χ3v) is 3.82. The molecule has 1 heterocycles. The van der Waals surface area contributed by atoms with Gasteiger partial charge < -0.3 is 9.64 Å². The van der Waals surface area contributed by atoms with Crippen molar-refractivity contribution >= 4 is 11.9 Å². The van der Waals surface area contributed by atoms with E-state index in [0.29, 0.717) is 19.2 Å². The highest BCUT2D eigenvalue weighted by molar-refractivity contribution is 5.80. The molecule has 0 aromatic carbocycles. The summed E-state index contributed by atoms with van der Waals surface area (Å²) in [6.45, 7) is 9.67. The van der Waals surface area contributed by atoms with E-state index >= 15 is 0 Å². The molecule has 0 aromatic rings. The zero-order valence-electron chi connectivity index (χ0n) is 13.3. The fraction of sp³-hybridized carbons (Fsp3) is 0.750. The summed E-state index contributed by atoms with van der Waals surface area (Å²) in [5, 5.41) is 0. The van der Waals surface area contributed by atoms with Gasteiger partial charge in [-0.1, -0.05) is 13.0 Å². The molecule has 1 saturated heterocycles. The molecule has 0 bridgehead atoms. The molecule has 1 unspecified atom stereocenters. The molecular weight excluding hydrogens is 268 g/mol. The van der Waals surface area contributed by atoms with Gasteiger partial charge in [-0.15, -0.1) is 6.58 Å². The predicted octanol–water partition coefficient (Wildman–Crippen LogP) is 1.83. The Morgan fingerprint density at radius 3 is 2.71 bits per heavy atom. The van der Waals surface area contributed by atoms with Gasteiger partial charge in [0.2, 0.25) is 5.91 Å². The SMILES string of the molecule is C=CCN(CC(=O)OCC)CC(=O)N1CCCCC1CC. The molecule has 1 aliphatic rings. The summed E-state index contributed by atoms with van der Waals surface area (Å²) >= 11 is 0. The largest absolute Gasteiger partial charge is 0.465 e. The van der Waals surface area contributed by atoms with Crippen molar-refractivity contribution in [2.45, 2.75) is 45.6 Å². The van der Waals surface area contributed by atoms with Crippen molar-refractivity contribution in [2.75, 3.05) is 32.8 Å². The topological polar surface area (TPSA) is 49.9 Å². The number of hydrogen-bond acceptors (Lipinski definition) is 4. The van der Waals surface area contributed by atoms with E-state index < -0.39 is 0 Å². The zero-order chi connectivity index (χ0) is 15.7. The molecular formula is C16H28N2O3. The Morgan fingerprint density at radius 2 is 2.10 bits per heavy atom. The Labute approximate surface area is 127 Å². The van der Waals surface area contributed by atoms with E-state index in [-0.39, 0.29) is 25.0 Å². The summed E-state index contributed by atoms with van der Waals surface area (Å²) in [6, 6.07) is 0.347. The lowest BCUT2D eigenvalue weighted by Crippen LogP contribution is -2.48. The van der Waals surface area contributed by atoms with E-state index in [1.54, 1.807) is 17.9 Å². The van der Waals surface area contributed by atoms with Crippen LogP contribution in [0, 0.1) is 0 Å². The molecule has 1 aliphatic heterocycles. The lowest BCUT2D eigenvalue weighted by molar-refractivity contribution is -0.145. The van der Waals surface area contributed by atoms with Gasteiger partial charge in [0.25, 0.3) is 0 Å². The molecule has 5 nitrogen and oxygen atoms in total. The second-order valence-electron chi connectivity index (χ2n) is 5.41. The third kappa shape index (κ3) is 5.87. The van der Waals surface area contributed by atoms with Crippen molar-refractivity contribution in [3.63, 3.8) is 0 Å². The summed E-state index contributed by atoms with van der Waals surface area (Å²) in [6.07, 6.45) is 6.05. The number of esters is 1. The standard InChI is InChI=1S/C16H28N2O3/c1-4-10-17(13-16(20)21-6-3)12-15(19)18-11-8-7-9-14(18)5-2/h4,14H,1,5-13H2,2-3H3. The Morgan fingerprint density at radius 1 is 1.33 bits per heavy atom. The molecule has 1 atom stereocenters. The highest BCUT2D eigenvalue weighted by Crippen LogP contribution is 2.19. The van der Waals surface area contributed by atoms with Crippen molar-refractivity contribution in [3.8, 4) is 0 Å². The van der Waals surface area contributed by atoms with Crippen LogP contribution in [0.4, 0.5) is 0 Å². The number of likely N-dealkylation sites (tertiary alicyclic amines) is 1. The van der Waals surface area contributed by atoms with Crippen LogP contribution in [0.1, 0.15) is 39.5 Å². The van der Waals surface area contributed by atoms with Gasteiger partial charge in [0.1, 0.15) is 0 Å². The quantitative estimate of drug-likeness (QED) is 0.506. The number of amides is 1. The maximum atomic E-state index is 12.5. The molecule has 21 heavy (non-hydrogen) atoms. The van der Waals surface area contributed by atoms with Crippen molar-refractivity contribution in [3.05, 3.63) is 12.7 Å². The van der Waals surface area contributed by atoms with Crippen LogP contribution < -0.4 is 0 Å². The Hall–Kier alpha value is -1.36. The minimum atomic E-state index is -0.294. The van der Waals surface area contributed by atoms with Gasteiger partial charge >= 0.3 is 5.97 Å². The first-order valence-corrected chi connectivity index (χ1v) is 7.90. The average molecular weight is 296 g/mol. The van der Waals surface area contributed by atoms with Crippen LogP contribution in [0.15, 0.2) is 12.7 Å². The van der Waals surface area contributed by atoms with Gasteiger partial charge in [0.05, 0.1) is 19.7 Å². The zero-order valence-corrected chi connectivity index (χ0v) is 13.3. The third-order valence-electron chi connectivity index (χ3n) is 3.82. The van der Waals surface area contributed by atoms with Crippen LogP contribution in [0.3, 0.4) is 0 Å². The molecule has 0 aromatic heterocycles. The van der Waals surface area contributed by atoms with Crippen LogP contribution >= 0.6 is 0 Å². The highest BCUT2D eigenvalue weighted by atomic mass is 16.5. The summed E-state index contributed by atoms with van der Waals surface area (Å²) < 4.78 is 4.95. The Balaban J connectivity index is 2.57. The molecule has 1 rings (SSSR count). The number of piperidine rings is 1. The van der Waals surface area contributed by atoms with Crippen molar-refractivity contribution < 1.29 is 14.3 Å². The van der Waals surface area contributed by atoms with Crippen LogP contribution in [-0.2, 0) is 14.3 Å². The normalized spacial score (nSPS) is 18.6. The predicted molar refractivity (Wildman–Crippen MR) is 82.9 cm³/mol. The van der Waals surface area contributed by atoms with Gasteiger partial charge in [-0.05, 0) is 32.6 Å². The van der Waals surface area contributed by atoms with Gasteiger partial charge in [-0.3, -0.25) is 14.5 Å². The maximum Gasteiger partial charge on any atom is 0.320 e. The molecule has 0 radical (unpaired) electrons. The number of carbonyl (C=O) groups is 2. The second-order valence-corrected chi connectivity index (χ2v) is 5.41. The number of ether oxygens (including phenoxy) is 1. The summed E-state index contributed by atoms with van der Waals surface area (Å²) in [5.41, 5.74) is 0. The lowest BCUT2D eigenvalue weighted by Gasteiger charge is -2.36. The summed E-state index contributed by atoms with van der Waals surface area (Å²) in [7, 11) is 0. The van der Waals surface area contributed by atoms with Crippen molar-refractivity contribution in [2.24, 2.45) is 0 Å². The first kappa shape index (κ1) is 17.7. The van der Waals surface area contributed by atoms with Gasteiger partial charge in [0, 0.05) is 19.1 Å². The second kappa shape index (κ2) is 9.55. The minimum absolute atomic E-state index is 0.104. The molecule has 5 heteroatoms. The van der Waals surface area contributed by atoms with Gasteiger partial charge in [-0.2, -0.15) is 0 Å². The molecule has 1 amide bonds. The van der Waals surface area contributed by atoms with Crippen LogP contribution in [0.5, 0.6) is 0 Å². The van der Waals surface area contributed by atoms with Crippen molar-refractivity contribution in [1.29, 1.82) is 0 Å². The highest BCUT2D eigenvalue weighted by Gasteiger charge is 2.26. The fourth-order valence-electron chi connectivity index (χ4n) is 2.79. The molecule has 0 saturated carbocycles. The van der Waals surface area contributed by atoms with Crippen LogP contribution in [-0.4, -0.2) is 60.5 Å². The van der Waals surface area contributed by atoms with E-state index in [2.05, 4.69) is 13.5 Å². The van der Waals surface area contributed by atoms with Gasteiger partial charge in [-0.25, -0.2) is 0 Å². The first-order valence-electron chi connectivity index (χ1n) is 7.90. The minimum Gasteiger partial charge on any atom is -0.465 e. The number of rotatable bonds is 8. The number of nitrogens with zero attached hydrogens (tertiary/aromatic N) is 2. The van der Waals surface area contributed by atoms with E-state index in [1.807, 2.05) is 4.90 Å². The number of hydrogen-bond donors (Lipinski definition) is 0. The molecule has 1 fully saturated rings. The number of carbonyl (C=O) groups excluding carboxylic acids is 2. The Bertz CT molecular complexity index is 357. The van der Waals surface area contributed by atoms with Gasteiger partial charge in [0.15, 0.2) is 0 Å². The summed E-state index contributed by atoms with van der Waals surface area (Å²) in [5.74, 6) is -0.189. The van der Waals surface area contributed by atoms with E-state index in [9.17, 15) is 9.59 Å². The van der Waals surface area contributed by atoms with Crippen molar-refractivity contribution in [1.82, 2.24) is 9.80 Å². The van der Waals surface area contributed by atoms with E-state index in [1.165, 1.54) is 6.42 Å².